The van der Waals surface area contributed by atoms with Crippen LogP contribution in [0.25, 0.3) is 0 Å². The van der Waals surface area contributed by atoms with E-state index in [4.69, 9.17) is 5.73 Å². The molecule has 1 aromatic carbocycles. The van der Waals surface area contributed by atoms with Crippen molar-refractivity contribution in [2.75, 3.05) is 5.75 Å². The van der Waals surface area contributed by atoms with Crippen molar-refractivity contribution in [3.05, 3.63) is 28.2 Å². The van der Waals surface area contributed by atoms with Crippen LogP contribution >= 0.6 is 27.7 Å². The Morgan fingerprint density at radius 1 is 1.33 bits per heavy atom. The summed E-state index contributed by atoms with van der Waals surface area (Å²) in [6.07, 6.45) is 3.26. The van der Waals surface area contributed by atoms with Crippen molar-refractivity contribution in [1.82, 2.24) is 0 Å². The second kappa shape index (κ2) is 8.23. The van der Waals surface area contributed by atoms with Crippen LogP contribution in [0.3, 0.4) is 0 Å². The number of thioether (sulfide) groups is 1. The molecule has 1 rings (SSSR count). The van der Waals surface area contributed by atoms with E-state index in [9.17, 15) is 0 Å². The molecule has 0 fully saturated rings. The summed E-state index contributed by atoms with van der Waals surface area (Å²) in [5.41, 5.74) is 7.31. The molecule has 102 valence electrons. The average Bonchev–Trinajstić information content (AvgIpc) is 2.31. The third-order valence-electron chi connectivity index (χ3n) is 2.97. The summed E-state index contributed by atoms with van der Waals surface area (Å²) < 4.78 is 1.21. The summed E-state index contributed by atoms with van der Waals surface area (Å²) >= 11 is 5.60. The Morgan fingerprint density at radius 2 is 2.06 bits per heavy atom. The summed E-state index contributed by atoms with van der Waals surface area (Å²) in [5, 5.41) is 0. The van der Waals surface area contributed by atoms with Gasteiger partial charge >= 0.3 is 0 Å². The second-order valence-electron chi connectivity index (χ2n) is 5.17. The first-order valence-corrected chi connectivity index (χ1v) is 8.47. The van der Waals surface area contributed by atoms with Crippen LogP contribution in [0.5, 0.6) is 0 Å². The minimum Gasteiger partial charge on any atom is -0.327 e. The highest BCUT2D eigenvalue weighted by Crippen LogP contribution is 2.29. The van der Waals surface area contributed by atoms with Crippen LogP contribution in [0.2, 0.25) is 0 Å². The van der Waals surface area contributed by atoms with Crippen LogP contribution in [-0.4, -0.2) is 11.8 Å². The van der Waals surface area contributed by atoms with Crippen molar-refractivity contribution in [2.24, 2.45) is 11.7 Å². The Hall–Kier alpha value is 0.01000. The number of rotatable bonds is 7. The van der Waals surface area contributed by atoms with Gasteiger partial charge in [-0.15, -0.1) is 11.8 Å². The maximum atomic E-state index is 5.99. The molecule has 0 aromatic heterocycles. The molecule has 0 spiro atoms. The molecule has 2 N–H and O–H groups in total. The monoisotopic (exact) mass is 329 g/mol. The Labute approximate surface area is 124 Å². The molecule has 1 nitrogen and oxygen atoms in total. The van der Waals surface area contributed by atoms with Gasteiger partial charge in [-0.1, -0.05) is 26.8 Å². The number of halogens is 1. The van der Waals surface area contributed by atoms with Crippen LogP contribution in [0.15, 0.2) is 27.6 Å². The van der Waals surface area contributed by atoms with Gasteiger partial charge in [0, 0.05) is 15.4 Å². The molecule has 0 aliphatic carbocycles. The first-order chi connectivity index (χ1) is 8.52. The quantitative estimate of drug-likeness (QED) is 0.722. The van der Waals surface area contributed by atoms with Crippen LogP contribution in [0.4, 0.5) is 0 Å². The van der Waals surface area contributed by atoms with Crippen LogP contribution in [-0.2, 0) is 6.42 Å². The van der Waals surface area contributed by atoms with Gasteiger partial charge < -0.3 is 5.73 Å². The lowest BCUT2D eigenvalue weighted by atomic mass is 10.1. The van der Waals surface area contributed by atoms with E-state index in [1.807, 2.05) is 11.8 Å². The van der Waals surface area contributed by atoms with Gasteiger partial charge in [0.15, 0.2) is 0 Å². The standard InChI is InChI=1S/C15H24BrNS/c1-4-13(17)9-12-5-6-15(14(16)10-12)18-8-7-11(2)3/h5-6,10-11,13H,4,7-9,17H2,1-3H3. The lowest BCUT2D eigenvalue weighted by molar-refractivity contribution is 0.632. The fourth-order valence-electron chi connectivity index (χ4n) is 1.64. The fourth-order valence-corrected chi connectivity index (χ4v) is 3.58. The molecule has 1 unspecified atom stereocenters. The zero-order valence-corrected chi connectivity index (χ0v) is 14.0. The molecule has 0 aliphatic heterocycles. The number of benzene rings is 1. The summed E-state index contributed by atoms with van der Waals surface area (Å²) in [5.74, 6) is 1.96. The minimum absolute atomic E-state index is 0.274. The summed E-state index contributed by atoms with van der Waals surface area (Å²) in [4.78, 5) is 1.34. The molecule has 0 amide bonds. The molecule has 0 bridgehead atoms. The van der Waals surface area contributed by atoms with Crippen LogP contribution < -0.4 is 5.73 Å². The van der Waals surface area contributed by atoms with Gasteiger partial charge in [-0.2, -0.15) is 0 Å². The van der Waals surface area contributed by atoms with E-state index in [0.717, 1.165) is 18.8 Å². The van der Waals surface area contributed by atoms with Gasteiger partial charge in [-0.05, 0) is 64.6 Å². The SMILES string of the molecule is CCC(N)Cc1ccc(SCCC(C)C)c(Br)c1. The summed E-state index contributed by atoms with van der Waals surface area (Å²) in [7, 11) is 0. The van der Waals surface area contributed by atoms with Crippen molar-refractivity contribution < 1.29 is 0 Å². The smallest absolute Gasteiger partial charge is 0.0313 e. The normalized spacial score (nSPS) is 13.0. The number of nitrogens with two attached hydrogens (primary N) is 1. The zero-order chi connectivity index (χ0) is 13.5. The van der Waals surface area contributed by atoms with Gasteiger partial charge in [0.05, 0.1) is 0 Å². The van der Waals surface area contributed by atoms with Crippen molar-refractivity contribution in [3.8, 4) is 0 Å². The lowest BCUT2D eigenvalue weighted by Gasteiger charge is -2.11. The molecule has 0 radical (unpaired) electrons. The molecule has 1 atom stereocenters. The Kier molecular flexibility index (Phi) is 7.35. The predicted octanol–water partition coefficient (Wildman–Crippen LogP) is 4.87. The number of hydrogen-bond acceptors (Lipinski definition) is 2. The van der Waals surface area contributed by atoms with E-state index in [1.165, 1.54) is 27.1 Å². The zero-order valence-electron chi connectivity index (χ0n) is 11.6. The average molecular weight is 330 g/mol. The van der Waals surface area contributed by atoms with E-state index < -0.39 is 0 Å². The molecule has 0 aliphatic rings. The molecular weight excluding hydrogens is 306 g/mol. The van der Waals surface area contributed by atoms with Gasteiger partial charge in [0.25, 0.3) is 0 Å². The highest BCUT2D eigenvalue weighted by atomic mass is 79.9. The van der Waals surface area contributed by atoms with E-state index >= 15 is 0 Å². The second-order valence-corrected chi connectivity index (χ2v) is 7.16. The van der Waals surface area contributed by atoms with E-state index in [2.05, 4.69) is 54.9 Å². The minimum atomic E-state index is 0.274. The third kappa shape index (κ3) is 5.77. The fraction of sp³-hybridized carbons (Fsp3) is 0.600. The lowest BCUT2D eigenvalue weighted by Crippen LogP contribution is -2.21. The van der Waals surface area contributed by atoms with Crippen molar-refractivity contribution in [2.45, 2.75) is 51.0 Å². The van der Waals surface area contributed by atoms with E-state index in [-0.39, 0.29) is 6.04 Å². The summed E-state index contributed by atoms with van der Waals surface area (Å²) in [6, 6.07) is 6.91. The molecule has 0 heterocycles. The molecule has 0 saturated heterocycles. The highest BCUT2D eigenvalue weighted by molar-refractivity contribution is 9.10. The van der Waals surface area contributed by atoms with Crippen molar-refractivity contribution >= 4 is 27.7 Å². The largest absolute Gasteiger partial charge is 0.327 e. The van der Waals surface area contributed by atoms with Gasteiger partial charge in [-0.25, -0.2) is 0 Å². The van der Waals surface area contributed by atoms with Gasteiger partial charge in [-0.3, -0.25) is 0 Å². The Bertz CT molecular complexity index is 366. The Balaban J connectivity index is 2.56. The number of hydrogen-bond donors (Lipinski definition) is 1. The van der Waals surface area contributed by atoms with Crippen molar-refractivity contribution in [3.63, 3.8) is 0 Å². The molecular formula is C15H24BrNS. The van der Waals surface area contributed by atoms with Gasteiger partial charge in [0.1, 0.15) is 0 Å². The molecule has 3 heteroatoms. The summed E-state index contributed by atoms with van der Waals surface area (Å²) in [6.45, 7) is 6.67. The third-order valence-corrected chi connectivity index (χ3v) is 5.00. The predicted molar refractivity (Wildman–Crippen MR) is 86.3 cm³/mol. The topological polar surface area (TPSA) is 26.0 Å². The molecule has 0 saturated carbocycles. The maximum Gasteiger partial charge on any atom is 0.0313 e. The Morgan fingerprint density at radius 3 is 2.61 bits per heavy atom. The van der Waals surface area contributed by atoms with Crippen LogP contribution in [0, 0.1) is 5.92 Å². The molecule has 18 heavy (non-hydrogen) atoms. The highest BCUT2D eigenvalue weighted by Gasteiger charge is 2.06. The maximum absolute atomic E-state index is 5.99. The van der Waals surface area contributed by atoms with Gasteiger partial charge in [0.2, 0.25) is 0 Å². The molecule has 1 aromatic rings. The first kappa shape index (κ1) is 16.1. The van der Waals surface area contributed by atoms with E-state index in [0.29, 0.717) is 0 Å². The van der Waals surface area contributed by atoms with Crippen molar-refractivity contribution in [1.29, 1.82) is 0 Å². The first-order valence-electron chi connectivity index (χ1n) is 6.69. The van der Waals surface area contributed by atoms with E-state index in [1.54, 1.807) is 0 Å². The van der Waals surface area contributed by atoms with Crippen LogP contribution in [0.1, 0.15) is 39.2 Å².